The molecule has 5 nitrogen and oxygen atoms in total. The lowest BCUT2D eigenvalue weighted by molar-refractivity contribution is -0.119. The number of sulfonamides is 1. The third kappa shape index (κ3) is 3.06. The van der Waals surface area contributed by atoms with Gasteiger partial charge in [-0.2, -0.15) is 0 Å². The average molecular weight is 411 g/mol. The summed E-state index contributed by atoms with van der Waals surface area (Å²) >= 11 is 11.9. The molecule has 1 amide bonds. The van der Waals surface area contributed by atoms with Gasteiger partial charge in [0, 0.05) is 18.0 Å². The first-order chi connectivity index (χ1) is 12.3. The predicted octanol–water partition coefficient (Wildman–Crippen LogP) is 4.02. The first-order valence-electron chi connectivity index (χ1n) is 8.29. The first kappa shape index (κ1) is 17.6. The second kappa shape index (κ2) is 6.44. The molecule has 26 heavy (non-hydrogen) atoms. The maximum atomic E-state index is 12.9. The zero-order chi connectivity index (χ0) is 18.5. The summed E-state index contributed by atoms with van der Waals surface area (Å²) in [6, 6.07) is 7.92. The van der Waals surface area contributed by atoms with Crippen LogP contribution >= 0.6 is 23.2 Å². The SMILES string of the molecule is O=C1CCc2cc(S(=O)(=O)Nc3ccc(Cl)cc3Cl)cc3c2N1CCC3. The minimum Gasteiger partial charge on any atom is -0.312 e. The molecule has 2 aromatic rings. The van der Waals surface area contributed by atoms with E-state index < -0.39 is 10.0 Å². The topological polar surface area (TPSA) is 66.5 Å². The zero-order valence-electron chi connectivity index (χ0n) is 13.8. The van der Waals surface area contributed by atoms with Crippen molar-refractivity contribution in [1.29, 1.82) is 0 Å². The minimum absolute atomic E-state index is 0.111. The number of rotatable bonds is 3. The van der Waals surface area contributed by atoms with Crippen molar-refractivity contribution in [3.63, 3.8) is 0 Å². The number of anilines is 2. The Labute approximate surface area is 162 Å². The third-order valence-corrected chi connectivity index (χ3v) is 6.63. The molecule has 0 aliphatic carbocycles. The summed E-state index contributed by atoms with van der Waals surface area (Å²) in [5.41, 5.74) is 2.99. The monoisotopic (exact) mass is 410 g/mol. The summed E-state index contributed by atoms with van der Waals surface area (Å²) < 4.78 is 28.3. The van der Waals surface area contributed by atoms with Crippen molar-refractivity contribution >= 4 is 50.5 Å². The van der Waals surface area contributed by atoms with Gasteiger partial charge in [-0.25, -0.2) is 8.42 Å². The molecule has 2 aliphatic rings. The van der Waals surface area contributed by atoms with Crippen molar-refractivity contribution in [1.82, 2.24) is 0 Å². The van der Waals surface area contributed by atoms with E-state index in [2.05, 4.69) is 4.72 Å². The molecule has 2 heterocycles. The van der Waals surface area contributed by atoms with E-state index in [0.717, 1.165) is 29.7 Å². The Kier molecular flexibility index (Phi) is 4.37. The summed E-state index contributed by atoms with van der Waals surface area (Å²) in [7, 11) is -3.80. The summed E-state index contributed by atoms with van der Waals surface area (Å²) in [6.45, 7) is 0.698. The second-order valence-electron chi connectivity index (χ2n) is 6.47. The summed E-state index contributed by atoms with van der Waals surface area (Å²) in [4.78, 5) is 14.1. The van der Waals surface area contributed by atoms with Crippen molar-refractivity contribution in [2.75, 3.05) is 16.2 Å². The minimum atomic E-state index is -3.80. The highest BCUT2D eigenvalue weighted by atomic mass is 35.5. The van der Waals surface area contributed by atoms with E-state index >= 15 is 0 Å². The largest absolute Gasteiger partial charge is 0.312 e. The van der Waals surface area contributed by atoms with Crippen LogP contribution in [0.25, 0.3) is 0 Å². The Morgan fingerprint density at radius 1 is 1.00 bits per heavy atom. The molecular weight excluding hydrogens is 395 g/mol. The van der Waals surface area contributed by atoms with Gasteiger partial charge in [-0.1, -0.05) is 23.2 Å². The van der Waals surface area contributed by atoms with Crippen LogP contribution in [-0.4, -0.2) is 20.9 Å². The third-order valence-electron chi connectivity index (χ3n) is 4.73. The number of benzene rings is 2. The first-order valence-corrected chi connectivity index (χ1v) is 10.5. The van der Waals surface area contributed by atoms with Crippen LogP contribution < -0.4 is 9.62 Å². The molecule has 0 unspecified atom stereocenters. The van der Waals surface area contributed by atoms with Crippen molar-refractivity contribution in [2.45, 2.75) is 30.6 Å². The smallest absolute Gasteiger partial charge is 0.261 e. The van der Waals surface area contributed by atoms with Crippen LogP contribution in [0.4, 0.5) is 11.4 Å². The molecule has 0 fully saturated rings. The Morgan fingerprint density at radius 3 is 2.46 bits per heavy atom. The number of carbonyl (C=O) groups excluding carboxylic acids is 1. The lowest BCUT2D eigenvalue weighted by Gasteiger charge is -2.35. The van der Waals surface area contributed by atoms with E-state index in [9.17, 15) is 13.2 Å². The molecule has 4 rings (SSSR count). The fourth-order valence-electron chi connectivity index (χ4n) is 3.55. The molecule has 0 spiro atoms. The number of aryl methyl sites for hydroxylation is 2. The lowest BCUT2D eigenvalue weighted by Crippen LogP contribution is -2.39. The normalized spacial score (nSPS) is 16.4. The van der Waals surface area contributed by atoms with E-state index in [4.69, 9.17) is 23.2 Å². The van der Waals surface area contributed by atoms with E-state index in [1.165, 1.54) is 12.1 Å². The Morgan fingerprint density at radius 2 is 1.73 bits per heavy atom. The average Bonchev–Trinajstić information content (AvgIpc) is 2.60. The number of hydrogen-bond acceptors (Lipinski definition) is 3. The van der Waals surface area contributed by atoms with Gasteiger partial charge in [0.2, 0.25) is 5.91 Å². The standard InChI is InChI=1S/C18H16Cl2N2O3S/c19-13-4-5-16(15(20)10-13)21-26(24,25)14-8-11-2-1-7-22-17(23)6-3-12(9-14)18(11)22/h4-5,8-10,21H,1-3,6-7H2. The lowest BCUT2D eigenvalue weighted by atomic mass is 9.92. The number of carbonyl (C=O) groups is 1. The molecule has 0 saturated heterocycles. The molecule has 0 radical (unpaired) electrons. The maximum Gasteiger partial charge on any atom is 0.261 e. The van der Waals surface area contributed by atoms with Gasteiger partial charge in [-0.05, 0) is 60.7 Å². The summed E-state index contributed by atoms with van der Waals surface area (Å²) in [5.74, 6) is 0.111. The number of hydrogen-bond donors (Lipinski definition) is 1. The quantitative estimate of drug-likeness (QED) is 0.830. The fraction of sp³-hybridized carbons (Fsp3) is 0.278. The van der Waals surface area contributed by atoms with Gasteiger partial charge < -0.3 is 4.90 Å². The van der Waals surface area contributed by atoms with Crippen LogP contribution in [-0.2, 0) is 27.7 Å². The molecule has 136 valence electrons. The van der Waals surface area contributed by atoms with E-state index in [1.54, 1.807) is 23.1 Å². The Hall–Kier alpha value is -1.76. The Bertz CT molecular complexity index is 1000. The van der Waals surface area contributed by atoms with Crippen molar-refractivity contribution < 1.29 is 13.2 Å². The van der Waals surface area contributed by atoms with Gasteiger partial charge in [0.25, 0.3) is 10.0 Å². The molecule has 2 aromatic carbocycles. The van der Waals surface area contributed by atoms with Crippen molar-refractivity contribution in [3.8, 4) is 0 Å². The number of nitrogens with zero attached hydrogens (tertiary/aromatic N) is 1. The molecule has 8 heteroatoms. The van der Waals surface area contributed by atoms with E-state index in [0.29, 0.717) is 24.4 Å². The summed E-state index contributed by atoms with van der Waals surface area (Å²) in [5, 5.41) is 0.665. The molecular formula is C18H16Cl2N2O3S. The van der Waals surface area contributed by atoms with Crippen LogP contribution in [0, 0.1) is 0 Å². The van der Waals surface area contributed by atoms with Crippen LogP contribution in [0.15, 0.2) is 35.2 Å². The van der Waals surface area contributed by atoms with E-state index in [1.807, 2.05) is 0 Å². The highest BCUT2D eigenvalue weighted by Gasteiger charge is 2.31. The second-order valence-corrected chi connectivity index (χ2v) is 8.99. The van der Waals surface area contributed by atoms with Crippen LogP contribution in [0.2, 0.25) is 10.0 Å². The summed E-state index contributed by atoms with van der Waals surface area (Å²) in [6.07, 6.45) is 2.56. The number of amides is 1. The molecule has 0 bridgehead atoms. The zero-order valence-corrected chi connectivity index (χ0v) is 16.1. The van der Waals surface area contributed by atoms with Gasteiger partial charge in [-0.3, -0.25) is 9.52 Å². The molecule has 0 saturated carbocycles. The van der Waals surface area contributed by atoms with Gasteiger partial charge in [-0.15, -0.1) is 0 Å². The van der Waals surface area contributed by atoms with Crippen molar-refractivity contribution in [3.05, 3.63) is 51.5 Å². The van der Waals surface area contributed by atoms with Crippen LogP contribution in [0.3, 0.4) is 0 Å². The number of halogens is 2. The van der Waals surface area contributed by atoms with Crippen molar-refractivity contribution in [2.24, 2.45) is 0 Å². The van der Waals surface area contributed by atoms with Gasteiger partial charge in [0.05, 0.1) is 21.3 Å². The number of nitrogens with one attached hydrogen (secondary N) is 1. The van der Waals surface area contributed by atoms with Gasteiger partial charge in [0.1, 0.15) is 0 Å². The fourth-order valence-corrected chi connectivity index (χ4v) is 5.24. The maximum absolute atomic E-state index is 12.9. The Balaban J connectivity index is 1.75. The van der Waals surface area contributed by atoms with E-state index in [-0.39, 0.29) is 21.5 Å². The molecule has 1 N–H and O–H groups in total. The highest BCUT2D eigenvalue weighted by molar-refractivity contribution is 7.92. The molecule has 0 atom stereocenters. The van der Waals surface area contributed by atoms with Crippen LogP contribution in [0.1, 0.15) is 24.0 Å². The van der Waals surface area contributed by atoms with Crippen LogP contribution in [0.5, 0.6) is 0 Å². The van der Waals surface area contributed by atoms with Gasteiger partial charge in [0.15, 0.2) is 0 Å². The predicted molar refractivity (Wildman–Crippen MR) is 103 cm³/mol. The highest BCUT2D eigenvalue weighted by Crippen LogP contribution is 2.38. The molecule has 0 aromatic heterocycles. The molecule has 2 aliphatic heterocycles. The van der Waals surface area contributed by atoms with Gasteiger partial charge >= 0.3 is 0 Å².